The quantitative estimate of drug-likeness (QED) is 0.822. The van der Waals surface area contributed by atoms with Gasteiger partial charge in [0.1, 0.15) is 0 Å². The summed E-state index contributed by atoms with van der Waals surface area (Å²) < 4.78 is 27.7. The van der Waals surface area contributed by atoms with Crippen LogP contribution in [0.2, 0.25) is 0 Å². The highest BCUT2D eigenvalue weighted by Gasteiger charge is 2.33. The third-order valence-corrected chi connectivity index (χ3v) is 6.62. The first-order valence-electron chi connectivity index (χ1n) is 7.90. The standard InChI is InChI=1S/C16H23BrN2O3S/c1-3-12(2)18-16(20)13-5-4-10-19(11-13)23(21,22)15-8-6-14(17)7-9-15/h6-9,12-13H,3-5,10-11H2,1-2H3,(H,18,20)/t12-,13-/m1/s1. The SMILES string of the molecule is CC[C@@H](C)NC(=O)[C@@H]1CCCN(S(=O)(=O)c2ccc(Br)cc2)C1. The van der Waals surface area contributed by atoms with Gasteiger partial charge in [-0.2, -0.15) is 4.31 Å². The third-order valence-electron chi connectivity index (χ3n) is 4.21. The molecule has 5 nitrogen and oxygen atoms in total. The monoisotopic (exact) mass is 402 g/mol. The van der Waals surface area contributed by atoms with E-state index in [1.54, 1.807) is 24.3 Å². The van der Waals surface area contributed by atoms with E-state index in [0.29, 0.717) is 13.0 Å². The average molecular weight is 403 g/mol. The number of benzene rings is 1. The van der Waals surface area contributed by atoms with E-state index in [1.165, 1.54) is 4.31 Å². The molecule has 0 unspecified atom stereocenters. The number of carbonyl (C=O) groups is 1. The molecule has 128 valence electrons. The number of rotatable bonds is 5. The lowest BCUT2D eigenvalue weighted by molar-refractivity contribution is -0.126. The third kappa shape index (κ3) is 4.55. The fraction of sp³-hybridized carbons (Fsp3) is 0.562. The van der Waals surface area contributed by atoms with Crippen molar-refractivity contribution in [1.82, 2.24) is 9.62 Å². The zero-order chi connectivity index (χ0) is 17.0. The van der Waals surface area contributed by atoms with Crippen molar-refractivity contribution in [3.05, 3.63) is 28.7 Å². The van der Waals surface area contributed by atoms with Crippen LogP contribution in [-0.4, -0.2) is 37.8 Å². The number of hydrogen-bond donors (Lipinski definition) is 1. The number of piperidine rings is 1. The number of nitrogens with zero attached hydrogens (tertiary/aromatic N) is 1. The van der Waals surface area contributed by atoms with Gasteiger partial charge < -0.3 is 5.32 Å². The molecule has 2 rings (SSSR count). The topological polar surface area (TPSA) is 66.5 Å². The molecule has 0 aromatic heterocycles. The summed E-state index contributed by atoms with van der Waals surface area (Å²) in [6, 6.07) is 6.71. The summed E-state index contributed by atoms with van der Waals surface area (Å²) in [5.41, 5.74) is 0. The van der Waals surface area contributed by atoms with Crippen LogP contribution in [0, 0.1) is 5.92 Å². The molecular weight excluding hydrogens is 380 g/mol. The summed E-state index contributed by atoms with van der Waals surface area (Å²) in [4.78, 5) is 12.5. The van der Waals surface area contributed by atoms with E-state index in [-0.39, 0.29) is 29.3 Å². The van der Waals surface area contributed by atoms with Gasteiger partial charge in [0.05, 0.1) is 10.8 Å². The molecule has 1 aromatic carbocycles. The molecule has 1 aliphatic heterocycles. The van der Waals surface area contributed by atoms with Crippen LogP contribution in [0.3, 0.4) is 0 Å². The molecule has 1 heterocycles. The predicted octanol–water partition coefficient (Wildman–Crippen LogP) is 2.76. The Morgan fingerprint density at radius 1 is 1.39 bits per heavy atom. The van der Waals surface area contributed by atoms with Gasteiger partial charge >= 0.3 is 0 Å². The normalized spacial score (nSPS) is 20.9. The number of sulfonamides is 1. The maximum atomic E-state index is 12.7. The van der Waals surface area contributed by atoms with Gasteiger partial charge in [-0.25, -0.2) is 8.42 Å². The van der Waals surface area contributed by atoms with Crippen LogP contribution in [0.25, 0.3) is 0 Å². The molecule has 1 fully saturated rings. The van der Waals surface area contributed by atoms with E-state index < -0.39 is 10.0 Å². The second kappa shape index (κ2) is 7.77. The largest absolute Gasteiger partial charge is 0.353 e. The van der Waals surface area contributed by atoms with Gasteiger partial charge in [0.15, 0.2) is 0 Å². The van der Waals surface area contributed by atoms with Gasteiger partial charge in [0.25, 0.3) is 0 Å². The van der Waals surface area contributed by atoms with Crippen molar-refractivity contribution in [2.24, 2.45) is 5.92 Å². The van der Waals surface area contributed by atoms with Crippen molar-refractivity contribution in [2.45, 2.75) is 44.0 Å². The Labute approximate surface area is 146 Å². The second-order valence-electron chi connectivity index (χ2n) is 5.97. The minimum Gasteiger partial charge on any atom is -0.353 e. The van der Waals surface area contributed by atoms with E-state index in [1.807, 2.05) is 13.8 Å². The van der Waals surface area contributed by atoms with Crippen molar-refractivity contribution in [3.8, 4) is 0 Å². The Hall–Kier alpha value is -0.920. The molecule has 1 saturated heterocycles. The first-order chi connectivity index (χ1) is 10.8. The molecule has 0 radical (unpaired) electrons. The van der Waals surface area contributed by atoms with Crippen molar-refractivity contribution < 1.29 is 13.2 Å². The Morgan fingerprint density at radius 2 is 2.04 bits per heavy atom. The van der Waals surface area contributed by atoms with Crippen LogP contribution in [0.4, 0.5) is 0 Å². The number of nitrogens with one attached hydrogen (secondary N) is 1. The second-order valence-corrected chi connectivity index (χ2v) is 8.83. The molecule has 23 heavy (non-hydrogen) atoms. The molecule has 0 aliphatic carbocycles. The first kappa shape index (κ1) is 18.4. The fourth-order valence-corrected chi connectivity index (χ4v) is 4.38. The number of halogens is 1. The van der Waals surface area contributed by atoms with Crippen molar-refractivity contribution in [3.63, 3.8) is 0 Å². The summed E-state index contributed by atoms with van der Waals surface area (Å²) in [7, 11) is -3.55. The summed E-state index contributed by atoms with van der Waals surface area (Å²) in [6.45, 7) is 4.68. The van der Waals surface area contributed by atoms with Crippen molar-refractivity contribution in [1.29, 1.82) is 0 Å². The summed E-state index contributed by atoms with van der Waals surface area (Å²) in [5.74, 6) is -0.321. The van der Waals surface area contributed by atoms with Crippen LogP contribution in [-0.2, 0) is 14.8 Å². The van der Waals surface area contributed by atoms with Crippen LogP contribution in [0.15, 0.2) is 33.6 Å². The highest BCUT2D eigenvalue weighted by Crippen LogP contribution is 2.25. The predicted molar refractivity (Wildman–Crippen MR) is 93.5 cm³/mol. The van der Waals surface area contributed by atoms with Gasteiger partial charge in [0.2, 0.25) is 15.9 Å². The summed E-state index contributed by atoms with van der Waals surface area (Å²) in [5, 5.41) is 2.95. The van der Waals surface area contributed by atoms with Crippen molar-refractivity contribution >= 4 is 31.9 Å². The van der Waals surface area contributed by atoms with Gasteiger partial charge in [-0.05, 0) is 50.5 Å². The molecular formula is C16H23BrN2O3S. The Morgan fingerprint density at radius 3 is 2.65 bits per heavy atom. The average Bonchev–Trinajstić information content (AvgIpc) is 2.55. The van der Waals surface area contributed by atoms with Gasteiger partial charge in [-0.3, -0.25) is 4.79 Å². The Bertz CT molecular complexity index is 646. The lowest BCUT2D eigenvalue weighted by atomic mass is 9.98. The van der Waals surface area contributed by atoms with Crippen LogP contribution in [0.1, 0.15) is 33.1 Å². The minimum atomic E-state index is -3.55. The minimum absolute atomic E-state index is 0.0462. The lowest BCUT2D eigenvalue weighted by Gasteiger charge is -2.31. The maximum Gasteiger partial charge on any atom is 0.243 e. The summed E-state index contributed by atoms with van der Waals surface area (Å²) in [6.07, 6.45) is 2.29. The fourth-order valence-electron chi connectivity index (χ4n) is 2.59. The molecule has 2 atom stereocenters. The molecule has 1 N–H and O–H groups in total. The zero-order valence-electron chi connectivity index (χ0n) is 13.5. The molecule has 0 spiro atoms. The lowest BCUT2D eigenvalue weighted by Crippen LogP contribution is -2.46. The van der Waals surface area contributed by atoms with Crippen LogP contribution in [0.5, 0.6) is 0 Å². The molecule has 1 aromatic rings. The van der Waals surface area contributed by atoms with Gasteiger partial charge in [-0.1, -0.05) is 22.9 Å². The Balaban J connectivity index is 2.11. The van der Waals surface area contributed by atoms with E-state index in [4.69, 9.17) is 0 Å². The van der Waals surface area contributed by atoms with Gasteiger partial charge in [-0.15, -0.1) is 0 Å². The van der Waals surface area contributed by atoms with E-state index in [0.717, 1.165) is 17.3 Å². The van der Waals surface area contributed by atoms with Crippen LogP contribution >= 0.6 is 15.9 Å². The van der Waals surface area contributed by atoms with E-state index in [2.05, 4.69) is 21.2 Å². The summed E-state index contributed by atoms with van der Waals surface area (Å²) >= 11 is 3.31. The van der Waals surface area contributed by atoms with E-state index in [9.17, 15) is 13.2 Å². The highest BCUT2D eigenvalue weighted by atomic mass is 79.9. The molecule has 1 aliphatic rings. The van der Waals surface area contributed by atoms with E-state index >= 15 is 0 Å². The number of hydrogen-bond acceptors (Lipinski definition) is 3. The van der Waals surface area contributed by atoms with Crippen LogP contribution < -0.4 is 5.32 Å². The zero-order valence-corrected chi connectivity index (χ0v) is 15.9. The molecule has 1 amide bonds. The first-order valence-corrected chi connectivity index (χ1v) is 10.1. The number of carbonyl (C=O) groups excluding carboxylic acids is 1. The smallest absolute Gasteiger partial charge is 0.243 e. The molecule has 0 bridgehead atoms. The molecule has 7 heteroatoms. The van der Waals surface area contributed by atoms with Crippen molar-refractivity contribution in [2.75, 3.05) is 13.1 Å². The number of amides is 1. The maximum absolute atomic E-state index is 12.7. The molecule has 0 saturated carbocycles. The highest BCUT2D eigenvalue weighted by molar-refractivity contribution is 9.10. The Kier molecular flexibility index (Phi) is 6.22. The van der Waals surface area contributed by atoms with Gasteiger partial charge in [0, 0.05) is 23.6 Å².